The topological polar surface area (TPSA) is 90.4 Å². The average Bonchev–Trinajstić information content (AvgIpc) is 2.58. The zero-order chi connectivity index (χ0) is 19.3. The molecule has 0 aromatic heterocycles. The Morgan fingerprint density at radius 2 is 1.42 bits per heavy atom. The SMILES string of the molecule is CC(C)(C)OC(=O)N1CCN(C(=O)N2CCC(CCC(=O)O)CC2)CC1. The van der Waals surface area contributed by atoms with Crippen LogP contribution in [0.2, 0.25) is 0 Å². The van der Waals surface area contributed by atoms with Crippen LogP contribution in [-0.4, -0.2) is 82.8 Å². The smallest absolute Gasteiger partial charge is 0.410 e. The van der Waals surface area contributed by atoms with Crippen LogP contribution in [0.3, 0.4) is 0 Å². The maximum atomic E-state index is 12.7. The van der Waals surface area contributed by atoms with Crippen LogP contribution in [0.1, 0.15) is 46.5 Å². The molecule has 1 N–H and O–H groups in total. The third-order valence-electron chi connectivity index (χ3n) is 4.85. The van der Waals surface area contributed by atoms with E-state index in [0.717, 1.165) is 12.8 Å². The van der Waals surface area contributed by atoms with Crippen LogP contribution in [0.4, 0.5) is 9.59 Å². The predicted octanol–water partition coefficient (Wildman–Crippen LogP) is 2.24. The van der Waals surface area contributed by atoms with E-state index in [-0.39, 0.29) is 18.5 Å². The number of amides is 3. The molecule has 0 saturated carbocycles. The second kappa shape index (κ2) is 8.60. The van der Waals surface area contributed by atoms with Gasteiger partial charge in [-0.05, 0) is 46.0 Å². The van der Waals surface area contributed by atoms with Gasteiger partial charge in [0.1, 0.15) is 5.60 Å². The normalized spacial score (nSPS) is 19.4. The number of carbonyl (C=O) groups excluding carboxylic acids is 2. The van der Waals surface area contributed by atoms with Gasteiger partial charge in [-0.1, -0.05) is 0 Å². The molecule has 0 spiro atoms. The summed E-state index contributed by atoms with van der Waals surface area (Å²) in [4.78, 5) is 40.7. The standard InChI is InChI=1S/C18H31N3O5/c1-18(2,3)26-17(25)21-12-10-20(11-13-21)16(24)19-8-6-14(7-9-19)4-5-15(22)23/h14H,4-13H2,1-3H3,(H,22,23). The van der Waals surface area contributed by atoms with Gasteiger partial charge in [-0.2, -0.15) is 0 Å². The molecule has 0 atom stereocenters. The molecule has 2 fully saturated rings. The van der Waals surface area contributed by atoms with Crippen LogP contribution in [-0.2, 0) is 9.53 Å². The Kier molecular flexibility index (Phi) is 6.72. The summed E-state index contributed by atoms with van der Waals surface area (Å²) in [6, 6.07) is 0.0190. The lowest BCUT2D eigenvalue weighted by molar-refractivity contribution is -0.137. The minimum atomic E-state index is -0.758. The molecular formula is C18H31N3O5. The van der Waals surface area contributed by atoms with Gasteiger partial charge in [0.2, 0.25) is 0 Å². The molecule has 8 heteroatoms. The van der Waals surface area contributed by atoms with Crippen molar-refractivity contribution in [2.24, 2.45) is 5.92 Å². The highest BCUT2D eigenvalue weighted by Crippen LogP contribution is 2.23. The molecule has 2 aliphatic rings. The fourth-order valence-electron chi connectivity index (χ4n) is 3.35. The van der Waals surface area contributed by atoms with Crippen molar-refractivity contribution >= 4 is 18.1 Å². The lowest BCUT2D eigenvalue weighted by atomic mass is 9.92. The number of hydrogen-bond donors (Lipinski definition) is 1. The highest BCUT2D eigenvalue weighted by Gasteiger charge is 2.31. The van der Waals surface area contributed by atoms with Crippen molar-refractivity contribution in [3.63, 3.8) is 0 Å². The van der Waals surface area contributed by atoms with Gasteiger partial charge < -0.3 is 24.5 Å². The largest absolute Gasteiger partial charge is 0.481 e. The molecule has 2 saturated heterocycles. The number of nitrogens with zero attached hydrogens (tertiary/aromatic N) is 3. The average molecular weight is 369 g/mol. The summed E-state index contributed by atoms with van der Waals surface area (Å²) < 4.78 is 5.37. The molecule has 0 aromatic carbocycles. The van der Waals surface area contributed by atoms with E-state index >= 15 is 0 Å². The van der Waals surface area contributed by atoms with E-state index in [4.69, 9.17) is 9.84 Å². The van der Waals surface area contributed by atoms with Crippen molar-refractivity contribution in [2.75, 3.05) is 39.3 Å². The zero-order valence-electron chi connectivity index (χ0n) is 16.1. The summed E-state index contributed by atoms with van der Waals surface area (Å²) in [6.07, 6.45) is 2.27. The first kappa shape index (κ1) is 20.3. The van der Waals surface area contributed by atoms with Crippen molar-refractivity contribution in [3.8, 4) is 0 Å². The number of hydrogen-bond acceptors (Lipinski definition) is 4. The maximum Gasteiger partial charge on any atom is 0.410 e. The summed E-state index contributed by atoms with van der Waals surface area (Å²) in [5.41, 5.74) is -0.519. The van der Waals surface area contributed by atoms with Crippen molar-refractivity contribution in [3.05, 3.63) is 0 Å². The molecule has 2 heterocycles. The molecule has 0 aliphatic carbocycles. The third kappa shape index (κ3) is 6.07. The third-order valence-corrected chi connectivity index (χ3v) is 4.85. The van der Waals surface area contributed by atoms with E-state index in [0.29, 0.717) is 51.6 Å². The Balaban J connectivity index is 1.73. The molecule has 0 radical (unpaired) electrons. The molecule has 2 rings (SSSR count). The van der Waals surface area contributed by atoms with Crippen LogP contribution in [0.25, 0.3) is 0 Å². The second-order valence-corrected chi connectivity index (χ2v) is 8.10. The molecule has 0 bridgehead atoms. The quantitative estimate of drug-likeness (QED) is 0.824. The summed E-state index contributed by atoms with van der Waals surface area (Å²) in [6.45, 7) is 8.85. The van der Waals surface area contributed by atoms with Crippen LogP contribution in [0.5, 0.6) is 0 Å². The Labute approximate surface area is 155 Å². The summed E-state index contributed by atoms with van der Waals surface area (Å²) in [5.74, 6) is -0.370. The van der Waals surface area contributed by atoms with Crippen LogP contribution in [0.15, 0.2) is 0 Å². The van der Waals surface area contributed by atoms with Crippen molar-refractivity contribution < 1.29 is 24.2 Å². The zero-order valence-corrected chi connectivity index (χ0v) is 16.1. The van der Waals surface area contributed by atoms with E-state index in [1.807, 2.05) is 25.7 Å². The number of piperazine rings is 1. The van der Waals surface area contributed by atoms with Gasteiger partial charge in [-0.3, -0.25) is 4.79 Å². The number of likely N-dealkylation sites (tertiary alicyclic amines) is 1. The van der Waals surface area contributed by atoms with Gasteiger partial charge in [0, 0.05) is 45.7 Å². The monoisotopic (exact) mass is 369 g/mol. The van der Waals surface area contributed by atoms with E-state index in [1.54, 1.807) is 9.80 Å². The second-order valence-electron chi connectivity index (χ2n) is 8.10. The summed E-state index contributed by atoms with van der Waals surface area (Å²) in [5, 5.41) is 8.77. The minimum Gasteiger partial charge on any atom is -0.481 e. The number of urea groups is 1. The van der Waals surface area contributed by atoms with E-state index in [1.165, 1.54) is 0 Å². The van der Waals surface area contributed by atoms with Crippen molar-refractivity contribution in [1.29, 1.82) is 0 Å². The van der Waals surface area contributed by atoms with E-state index in [9.17, 15) is 14.4 Å². The van der Waals surface area contributed by atoms with E-state index < -0.39 is 11.6 Å². The maximum absolute atomic E-state index is 12.7. The van der Waals surface area contributed by atoms with Crippen LogP contribution >= 0.6 is 0 Å². The molecule has 3 amide bonds. The molecule has 0 unspecified atom stereocenters. The number of carboxylic acid groups (broad SMARTS) is 1. The highest BCUT2D eigenvalue weighted by molar-refractivity contribution is 5.75. The van der Waals surface area contributed by atoms with Gasteiger partial charge in [0.05, 0.1) is 0 Å². The number of ether oxygens (including phenoxy) is 1. The van der Waals surface area contributed by atoms with Crippen molar-refractivity contribution in [2.45, 2.75) is 52.1 Å². The van der Waals surface area contributed by atoms with Crippen LogP contribution < -0.4 is 0 Å². The summed E-state index contributed by atoms with van der Waals surface area (Å²) >= 11 is 0. The number of carboxylic acids is 1. The number of rotatable bonds is 3. The Hall–Kier alpha value is -1.99. The Morgan fingerprint density at radius 3 is 1.92 bits per heavy atom. The number of aliphatic carboxylic acids is 1. The Morgan fingerprint density at radius 1 is 0.923 bits per heavy atom. The molecular weight excluding hydrogens is 338 g/mol. The van der Waals surface area contributed by atoms with Crippen LogP contribution in [0, 0.1) is 5.92 Å². The van der Waals surface area contributed by atoms with E-state index in [2.05, 4.69) is 0 Å². The fourth-order valence-corrected chi connectivity index (χ4v) is 3.35. The first-order chi connectivity index (χ1) is 12.2. The summed E-state index contributed by atoms with van der Waals surface area (Å²) in [7, 11) is 0. The minimum absolute atomic E-state index is 0.0190. The van der Waals surface area contributed by atoms with Gasteiger partial charge in [-0.15, -0.1) is 0 Å². The van der Waals surface area contributed by atoms with Gasteiger partial charge >= 0.3 is 18.1 Å². The fraction of sp³-hybridized carbons (Fsp3) is 0.833. The van der Waals surface area contributed by atoms with Gasteiger partial charge in [0.15, 0.2) is 0 Å². The molecule has 2 aliphatic heterocycles. The molecule has 148 valence electrons. The molecule has 26 heavy (non-hydrogen) atoms. The number of piperidine rings is 1. The lowest BCUT2D eigenvalue weighted by Crippen LogP contribution is -2.55. The highest BCUT2D eigenvalue weighted by atomic mass is 16.6. The lowest BCUT2D eigenvalue weighted by Gasteiger charge is -2.40. The molecule has 0 aromatic rings. The molecule has 8 nitrogen and oxygen atoms in total. The predicted molar refractivity (Wildman–Crippen MR) is 95.9 cm³/mol. The van der Waals surface area contributed by atoms with Crippen molar-refractivity contribution in [1.82, 2.24) is 14.7 Å². The first-order valence-corrected chi connectivity index (χ1v) is 9.39. The first-order valence-electron chi connectivity index (χ1n) is 9.39. The van der Waals surface area contributed by atoms with Gasteiger partial charge in [0.25, 0.3) is 0 Å². The number of carbonyl (C=O) groups is 3. The Bertz CT molecular complexity index is 515. The van der Waals surface area contributed by atoms with Gasteiger partial charge in [-0.25, -0.2) is 9.59 Å².